The van der Waals surface area contributed by atoms with E-state index >= 15 is 0 Å². The van der Waals surface area contributed by atoms with E-state index in [0.29, 0.717) is 22.2 Å². The SMILES string of the molecule is Fc1ccc(-c2noc(CC3CSCCN3)n2)c(Br)c1. The first kappa shape index (κ1) is 14.0. The summed E-state index contributed by atoms with van der Waals surface area (Å²) >= 11 is 5.24. The zero-order valence-electron chi connectivity index (χ0n) is 10.6. The molecule has 1 aliphatic heterocycles. The van der Waals surface area contributed by atoms with E-state index in [1.807, 2.05) is 11.8 Å². The molecule has 7 heteroatoms. The van der Waals surface area contributed by atoms with Crippen molar-refractivity contribution in [1.82, 2.24) is 15.5 Å². The number of hydrogen-bond donors (Lipinski definition) is 1. The van der Waals surface area contributed by atoms with Gasteiger partial charge >= 0.3 is 0 Å². The van der Waals surface area contributed by atoms with Gasteiger partial charge in [-0.1, -0.05) is 5.16 Å². The Morgan fingerprint density at radius 2 is 2.40 bits per heavy atom. The van der Waals surface area contributed by atoms with Crippen LogP contribution in [0.2, 0.25) is 0 Å². The van der Waals surface area contributed by atoms with E-state index in [1.165, 1.54) is 12.1 Å². The molecule has 1 fully saturated rings. The van der Waals surface area contributed by atoms with Gasteiger partial charge in [0.15, 0.2) is 0 Å². The van der Waals surface area contributed by atoms with Gasteiger partial charge in [-0.05, 0) is 34.1 Å². The zero-order chi connectivity index (χ0) is 13.9. The van der Waals surface area contributed by atoms with Crippen molar-refractivity contribution in [2.45, 2.75) is 12.5 Å². The summed E-state index contributed by atoms with van der Waals surface area (Å²) in [5.41, 5.74) is 0.729. The molecule has 0 aliphatic carbocycles. The molecule has 0 radical (unpaired) electrons. The predicted molar refractivity (Wildman–Crippen MR) is 80.2 cm³/mol. The zero-order valence-corrected chi connectivity index (χ0v) is 13.0. The monoisotopic (exact) mass is 357 g/mol. The Kier molecular flexibility index (Phi) is 4.38. The molecule has 1 saturated heterocycles. The summed E-state index contributed by atoms with van der Waals surface area (Å²) in [6.45, 7) is 1.01. The summed E-state index contributed by atoms with van der Waals surface area (Å²) in [5, 5.41) is 7.40. The molecule has 0 saturated carbocycles. The Morgan fingerprint density at radius 3 is 3.15 bits per heavy atom. The Labute approximate surface area is 128 Å². The van der Waals surface area contributed by atoms with Crippen molar-refractivity contribution in [2.24, 2.45) is 0 Å². The smallest absolute Gasteiger partial charge is 0.228 e. The van der Waals surface area contributed by atoms with Crippen molar-refractivity contribution in [1.29, 1.82) is 0 Å². The fourth-order valence-electron chi connectivity index (χ4n) is 2.08. The van der Waals surface area contributed by atoms with Gasteiger partial charge in [-0.2, -0.15) is 16.7 Å². The van der Waals surface area contributed by atoms with E-state index in [2.05, 4.69) is 31.4 Å². The maximum atomic E-state index is 13.1. The van der Waals surface area contributed by atoms with E-state index in [1.54, 1.807) is 6.07 Å². The van der Waals surface area contributed by atoms with Crippen LogP contribution in [0, 0.1) is 5.82 Å². The normalized spacial score (nSPS) is 19.2. The van der Waals surface area contributed by atoms with E-state index in [0.717, 1.165) is 30.0 Å². The van der Waals surface area contributed by atoms with Gasteiger partial charge in [-0.3, -0.25) is 0 Å². The molecular weight excluding hydrogens is 345 g/mol. The second-order valence-electron chi connectivity index (χ2n) is 4.57. The quantitative estimate of drug-likeness (QED) is 0.915. The first-order chi connectivity index (χ1) is 9.72. The molecule has 1 aromatic heterocycles. The Balaban J connectivity index is 1.75. The summed E-state index contributed by atoms with van der Waals surface area (Å²) in [7, 11) is 0. The number of thioether (sulfide) groups is 1. The predicted octanol–water partition coefficient (Wildman–Crippen LogP) is 2.89. The molecule has 0 spiro atoms. The standard InChI is InChI=1S/C13H13BrFN3OS/c14-11-5-8(15)1-2-10(11)13-17-12(19-18-13)6-9-7-20-4-3-16-9/h1-2,5,9,16H,3-4,6-7H2. The first-order valence-corrected chi connectivity index (χ1v) is 8.26. The molecule has 1 unspecified atom stereocenters. The number of nitrogens with zero attached hydrogens (tertiary/aromatic N) is 2. The van der Waals surface area contributed by atoms with Crippen LogP contribution in [0.3, 0.4) is 0 Å². The van der Waals surface area contributed by atoms with E-state index in [4.69, 9.17) is 4.52 Å². The number of nitrogens with one attached hydrogen (secondary N) is 1. The molecular formula is C13H13BrFN3OS. The highest BCUT2D eigenvalue weighted by Gasteiger charge is 2.18. The van der Waals surface area contributed by atoms with Gasteiger partial charge in [0.2, 0.25) is 11.7 Å². The minimum absolute atomic E-state index is 0.298. The molecule has 0 bridgehead atoms. The van der Waals surface area contributed by atoms with Crippen LogP contribution in [0.25, 0.3) is 11.4 Å². The van der Waals surface area contributed by atoms with Crippen LogP contribution in [0.5, 0.6) is 0 Å². The van der Waals surface area contributed by atoms with Crippen LogP contribution in [0.15, 0.2) is 27.2 Å². The lowest BCUT2D eigenvalue weighted by Gasteiger charge is -2.21. The molecule has 3 rings (SSSR count). The molecule has 2 heterocycles. The van der Waals surface area contributed by atoms with Crippen molar-refractivity contribution < 1.29 is 8.91 Å². The van der Waals surface area contributed by atoms with Gasteiger partial charge < -0.3 is 9.84 Å². The molecule has 2 aromatic rings. The highest BCUT2D eigenvalue weighted by Crippen LogP contribution is 2.27. The molecule has 1 aliphatic rings. The van der Waals surface area contributed by atoms with Crippen molar-refractivity contribution in [3.8, 4) is 11.4 Å². The molecule has 1 aromatic carbocycles. The molecule has 0 amide bonds. The third kappa shape index (κ3) is 3.21. The molecule has 4 nitrogen and oxygen atoms in total. The van der Waals surface area contributed by atoms with E-state index < -0.39 is 0 Å². The van der Waals surface area contributed by atoms with Crippen LogP contribution < -0.4 is 5.32 Å². The van der Waals surface area contributed by atoms with Crippen molar-refractivity contribution >= 4 is 27.7 Å². The van der Waals surface area contributed by atoms with Gasteiger partial charge in [0.1, 0.15) is 5.82 Å². The highest BCUT2D eigenvalue weighted by molar-refractivity contribution is 9.10. The second-order valence-corrected chi connectivity index (χ2v) is 6.57. The van der Waals surface area contributed by atoms with Crippen molar-refractivity contribution in [3.63, 3.8) is 0 Å². The third-order valence-corrected chi connectivity index (χ3v) is 4.85. The van der Waals surface area contributed by atoms with Crippen LogP contribution in [0.4, 0.5) is 4.39 Å². The lowest BCUT2D eigenvalue weighted by molar-refractivity contribution is 0.363. The van der Waals surface area contributed by atoms with Gasteiger partial charge in [0.25, 0.3) is 0 Å². The summed E-state index contributed by atoms with van der Waals surface area (Å²) in [6.07, 6.45) is 0.721. The van der Waals surface area contributed by atoms with Crippen LogP contribution in [0.1, 0.15) is 5.89 Å². The maximum Gasteiger partial charge on any atom is 0.228 e. The number of hydrogen-bond acceptors (Lipinski definition) is 5. The summed E-state index contributed by atoms with van der Waals surface area (Å²) in [5.74, 6) is 2.99. The Hall–Kier alpha value is -0.920. The van der Waals surface area contributed by atoms with Gasteiger partial charge in [-0.25, -0.2) is 4.39 Å². The second kappa shape index (κ2) is 6.24. The van der Waals surface area contributed by atoms with Crippen molar-refractivity contribution in [3.05, 3.63) is 34.4 Å². The highest BCUT2D eigenvalue weighted by atomic mass is 79.9. The topological polar surface area (TPSA) is 51.0 Å². The molecule has 1 atom stereocenters. The lowest BCUT2D eigenvalue weighted by Crippen LogP contribution is -2.38. The van der Waals surface area contributed by atoms with Crippen molar-refractivity contribution in [2.75, 3.05) is 18.1 Å². The van der Waals surface area contributed by atoms with E-state index in [-0.39, 0.29) is 5.82 Å². The molecule has 20 heavy (non-hydrogen) atoms. The number of halogens is 2. The largest absolute Gasteiger partial charge is 0.339 e. The minimum Gasteiger partial charge on any atom is -0.339 e. The third-order valence-electron chi connectivity index (χ3n) is 3.06. The number of rotatable bonds is 3. The summed E-state index contributed by atoms with van der Waals surface area (Å²) in [4.78, 5) is 4.39. The Bertz CT molecular complexity index is 601. The average Bonchev–Trinajstić information content (AvgIpc) is 2.88. The average molecular weight is 358 g/mol. The van der Waals surface area contributed by atoms with Crippen LogP contribution in [-0.2, 0) is 6.42 Å². The van der Waals surface area contributed by atoms with Crippen LogP contribution in [-0.4, -0.2) is 34.2 Å². The maximum absolute atomic E-state index is 13.1. The number of benzene rings is 1. The lowest BCUT2D eigenvalue weighted by atomic mass is 10.2. The van der Waals surface area contributed by atoms with Gasteiger partial charge in [0, 0.05) is 40.5 Å². The Morgan fingerprint density at radius 1 is 1.50 bits per heavy atom. The molecule has 106 valence electrons. The molecule has 1 N–H and O–H groups in total. The fourth-order valence-corrected chi connectivity index (χ4v) is 3.56. The van der Waals surface area contributed by atoms with Crippen LogP contribution >= 0.6 is 27.7 Å². The van der Waals surface area contributed by atoms with Gasteiger partial charge in [0.05, 0.1) is 0 Å². The first-order valence-electron chi connectivity index (χ1n) is 6.31. The summed E-state index contributed by atoms with van der Waals surface area (Å²) < 4.78 is 19.0. The van der Waals surface area contributed by atoms with Gasteiger partial charge in [-0.15, -0.1) is 0 Å². The number of aromatic nitrogens is 2. The minimum atomic E-state index is -0.298. The summed E-state index contributed by atoms with van der Waals surface area (Å²) in [6, 6.07) is 4.79. The fraction of sp³-hybridized carbons (Fsp3) is 0.385. The van der Waals surface area contributed by atoms with E-state index in [9.17, 15) is 4.39 Å².